The van der Waals surface area contributed by atoms with Crippen LogP contribution >= 0.6 is 0 Å². The molecule has 0 aromatic rings. The summed E-state index contributed by atoms with van der Waals surface area (Å²) in [6.07, 6.45) is 83.9. The standard InChI is InChI=1S/C70H124O6/c1-4-7-10-13-16-18-20-22-24-26-28-29-30-31-32-33-34-35-36-37-38-39-40-41-43-44-46-48-50-52-54-57-60-63-69(72)75-66-67(65-74-68(71)62-59-56-15-12-9-6-3)76-70(73)64-61-58-55-53-51-49-47-45-42-27-25-23-21-19-17-14-11-8-5-2/h17,19-20,22-23,25-26,28,30-31,42,45,67H,4-16,18,21,24,27,29,32-41,43-44,46-66H2,1-3H3/b19-17-,22-20-,25-23-,28-26-,31-30-,45-42-. The van der Waals surface area contributed by atoms with Crippen molar-refractivity contribution in [1.82, 2.24) is 0 Å². The van der Waals surface area contributed by atoms with E-state index in [0.717, 1.165) is 96.3 Å². The van der Waals surface area contributed by atoms with Crippen molar-refractivity contribution in [3.8, 4) is 0 Å². The molecule has 6 nitrogen and oxygen atoms in total. The lowest BCUT2D eigenvalue weighted by Crippen LogP contribution is -2.30. The number of esters is 3. The van der Waals surface area contributed by atoms with Crippen LogP contribution in [0.3, 0.4) is 0 Å². The summed E-state index contributed by atoms with van der Waals surface area (Å²) < 4.78 is 16.8. The van der Waals surface area contributed by atoms with E-state index in [9.17, 15) is 14.4 Å². The zero-order valence-corrected chi connectivity index (χ0v) is 50.5. The second-order valence-electron chi connectivity index (χ2n) is 22.0. The van der Waals surface area contributed by atoms with Crippen LogP contribution < -0.4 is 0 Å². The molecule has 0 aliphatic carbocycles. The van der Waals surface area contributed by atoms with Gasteiger partial charge >= 0.3 is 17.9 Å². The fourth-order valence-corrected chi connectivity index (χ4v) is 9.46. The van der Waals surface area contributed by atoms with Gasteiger partial charge in [0.1, 0.15) is 13.2 Å². The molecule has 0 aromatic carbocycles. The highest BCUT2D eigenvalue weighted by molar-refractivity contribution is 5.71. The van der Waals surface area contributed by atoms with Crippen LogP contribution in [-0.2, 0) is 28.6 Å². The van der Waals surface area contributed by atoms with Crippen LogP contribution in [0.4, 0.5) is 0 Å². The Morgan fingerprint density at radius 3 is 0.763 bits per heavy atom. The summed E-state index contributed by atoms with van der Waals surface area (Å²) in [5.74, 6) is -0.887. The highest BCUT2D eigenvalue weighted by Crippen LogP contribution is 2.17. The van der Waals surface area contributed by atoms with Gasteiger partial charge in [-0.3, -0.25) is 14.4 Å². The molecular weight excluding hydrogens is 937 g/mol. The van der Waals surface area contributed by atoms with Crippen molar-refractivity contribution in [2.45, 2.75) is 341 Å². The Labute approximate surface area is 472 Å². The predicted molar refractivity (Wildman–Crippen MR) is 330 cm³/mol. The number of carbonyl (C=O) groups is 3. The third-order valence-corrected chi connectivity index (χ3v) is 14.4. The molecule has 0 saturated carbocycles. The summed E-state index contributed by atoms with van der Waals surface area (Å²) in [4.78, 5) is 38.0. The quantitative estimate of drug-likeness (QED) is 0.0261. The highest BCUT2D eigenvalue weighted by atomic mass is 16.6. The van der Waals surface area contributed by atoms with Gasteiger partial charge in [-0.2, -0.15) is 0 Å². The maximum absolute atomic E-state index is 12.8. The van der Waals surface area contributed by atoms with Crippen LogP contribution in [0.2, 0.25) is 0 Å². The Morgan fingerprint density at radius 1 is 0.263 bits per heavy atom. The number of hydrogen-bond acceptors (Lipinski definition) is 6. The third kappa shape index (κ3) is 61.7. The second kappa shape index (κ2) is 64.4. The van der Waals surface area contributed by atoms with Crippen molar-refractivity contribution in [3.05, 3.63) is 72.9 Å². The van der Waals surface area contributed by atoms with Gasteiger partial charge in [0.15, 0.2) is 6.10 Å². The van der Waals surface area contributed by atoms with Crippen molar-refractivity contribution in [1.29, 1.82) is 0 Å². The average molecular weight is 1060 g/mol. The highest BCUT2D eigenvalue weighted by Gasteiger charge is 2.19. The van der Waals surface area contributed by atoms with Crippen molar-refractivity contribution in [2.24, 2.45) is 0 Å². The van der Waals surface area contributed by atoms with Crippen LogP contribution in [0.15, 0.2) is 72.9 Å². The minimum absolute atomic E-state index is 0.0777. The van der Waals surface area contributed by atoms with E-state index in [4.69, 9.17) is 14.2 Å². The number of hydrogen-bond donors (Lipinski definition) is 0. The van der Waals surface area contributed by atoms with E-state index in [-0.39, 0.29) is 31.1 Å². The van der Waals surface area contributed by atoms with Crippen molar-refractivity contribution in [2.75, 3.05) is 13.2 Å². The number of carbonyl (C=O) groups excluding carboxylic acids is 3. The fraction of sp³-hybridized carbons (Fsp3) is 0.786. The fourth-order valence-electron chi connectivity index (χ4n) is 9.46. The molecule has 440 valence electrons. The van der Waals surface area contributed by atoms with E-state index < -0.39 is 6.10 Å². The van der Waals surface area contributed by atoms with E-state index in [1.807, 2.05) is 0 Å². The molecule has 0 N–H and O–H groups in total. The van der Waals surface area contributed by atoms with Gasteiger partial charge in [0.25, 0.3) is 0 Å². The summed E-state index contributed by atoms with van der Waals surface area (Å²) in [5.41, 5.74) is 0. The molecule has 1 unspecified atom stereocenters. The first-order valence-corrected chi connectivity index (χ1v) is 32.9. The molecule has 0 heterocycles. The molecule has 1 atom stereocenters. The molecule has 0 radical (unpaired) electrons. The summed E-state index contributed by atoms with van der Waals surface area (Å²) in [6.45, 7) is 6.56. The molecule has 0 rings (SSSR count). The van der Waals surface area contributed by atoms with Gasteiger partial charge in [-0.15, -0.1) is 0 Å². The Bertz CT molecular complexity index is 1400. The van der Waals surface area contributed by atoms with E-state index in [0.29, 0.717) is 19.3 Å². The third-order valence-electron chi connectivity index (χ3n) is 14.4. The molecule has 0 aromatic heterocycles. The Hall–Kier alpha value is -3.15. The van der Waals surface area contributed by atoms with Crippen molar-refractivity contribution in [3.63, 3.8) is 0 Å². The van der Waals surface area contributed by atoms with Crippen LogP contribution in [0, 0.1) is 0 Å². The van der Waals surface area contributed by atoms with Crippen molar-refractivity contribution >= 4 is 17.9 Å². The van der Waals surface area contributed by atoms with E-state index in [2.05, 4.69) is 93.7 Å². The predicted octanol–water partition coefficient (Wildman–Crippen LogP) is 22.5. The lowest BCUT2D eigenvalue weighted by Gasteiger charge is -2.18. The monoisotopic (exact) mass is 1060 g/mol. The summed E-state index contributed by atoms with van der Waals surface area (Å²) in [7, 11) is 0. The van der Waals surface area contributed by atoms with E-state index in [1.165, 1.54) is 199 Å². The molecule has 0 aliphatic rings. The first-order chi connectivity index (χ1) is 37.5. The molecule has 0 saturated heterocycles. The maximum Gasteiger partial charge on any atom is 0.306 e. The van der Waals surface area contributed by atoms with Gasteiger partial charge in [0.05, 0.1) is 0 Å². The van der Waals surface area contributed by atoms with Gasteiger partial charge in [-0.05, 0) is 96.3 Å². The lowest BCUT2D eigenvalue weighted by molar-refractivity contribution is -0.167. The van der Waals surface area contributed by atoms with Crippen LogP contribution in [0.25, 0.3) is 0 Å². The number of allylic oxidation sites excluding steroid dienone is 12. The SMILES string of the molecule is CCCCC/C=C\C/C=C\C/C=C\CCCCCCCCC(=O)OC(COC(=O)CCCCCCCC)COC(=O)CCCCCCCCCCCCCCCCCCCC/C=C\C/C=C\C/C=C\CCCCCCC. The average Bonchev–Trinajstić information content (AvgIpc) is 3.42. The zero-order chi connectivity index (χ0) is 55.0. The molecule has 76 heavy (non-hydrogen) atoms. The molecular formula is C70H124O6. The van der Waals surface area contributed by atoms with Gasteiger partial charge in [0.2, 0.25) is 0 Å². The van der Waals surface area contributed by atoms with Gasteiger partial charge < -0.3 is 14.2 Å². The lowest BCUT2D eigenvalue weighted by atomic mass is 10.0. The smallest absolute Gasteiger partial charge is 0.306 e. The normalized spacial score (nSPS) is 12.5. The summed E-state index contributed by atoms with van der Waals surface area (Å²) >= 11 is 0. The molecule has 0 amide bonds. The molecule has 0 spiro atoms. The molecule has 0 aliphatic heterocycles. The molecule has 0 bridgehead atoms. The minimum atomic E-state index is -0.778. The van der Waals surface area contributed by atoms with Gasteiger partial charge in [0, 0.05) is 19.3 Å². The Morgan fingerprint density at radius 2 is 0.474 bits per heavy atom. The summed E-state index contributed by atoms with van der Waals surface area (Å²) in [5, 5.41) is 0. The van der Waals surface area contributed by atoms with Gasteiger partial charge in [-0.1, -0.05) is 293 Å². The number of rotatable bonds is 60. The molecule has 0 fully saturated rings. The second-order valence-corrected chi connectivity index (χ2v) is 22.0. The van der Waals surface area contributed by atoms with Crippen LogP contribution in [0.1, 0.15) is 335 Å². The topological polar surface area (TPSA) is 78.9 Å². The van der Waals surface area contributed by atoms with E-state index in [1.54, 1.807) is 0 Å². The summed E-state index contributed by atoms with van der Waals surface area (Å²) in [6, 6.07) is 0. The van der Waals surface area contributed by atoms with Crippen LogP contribution in [-0.4, -0.2) is 37.2 Å². The van der Waals surface area contributed by atoms with Crippen molar-refractivity contribution < 1.29 is 28.6 Å². The van der Waals surface area contributed by atoms with E-state index >= 15 is 0 Å². The Balaban J connectivity index is 4.00. The van der Waals surface area contributed by atoms with Crippen LogP contribution in [0.5, 0.6) is 0 Å². The van der Waals surface area contributed by atoms with Gasteiger partial charge in [-0.25, -0.2) is 0 Å². The zero-order valence-electron chi connectivity index (χ0n) is 50.5. The maximum atomic E-state index is 12.8. The Kier molecular flexibility index (Phi) is 61.7. The minimum Gasteiger partial charge on any atom is -0.462 e. The first kappa shape index (κ1) is 72.8. The number of ether oxygens (including phenoxy) is 3. The largest absolute Gasteiger partial charge is 0.462 e. The first-order valence-electron chi connectivity index (χ1n) is 32.9. The molecule has 6 heteroatoms. The number of unbranched alkanes of at least 4 members (excludes halogenated alkanes) is 37.